The van der Waals surface area contributed by atoms with E-state index >= 15 is 0 Å². The Morgan fingerprint density at radius 3 is 2.41 bits per heavy atom. The van der Waals surface area contributed by atoms with Crippen molar-refractivity contribution in [2.45, 2.75) is 13.8 Å². The van der Waals surface area contributed by atoms with Crippen molar-refractivity contribution in [3.63, 3.8) is 0 Å². The van der Waals surface area contributed by atoms with Crippen LogP contribution in [0.25, 0.3) is 5.57 Å². The van der Waals surface area contributed by atoms with Crippen molar-refractivity contribution < 1.29 is 19.1 Å². The molecule has 0 radical (unpaired) electrons. The highest BCUT2D eigenvalue weighted by atomic mass is 35.5. The normalized spacial score (nSPS) is 16.2. The lowest BCUT2D eigenvalue weighted by atomic mass is 10.1. The van der Waals surface area contributed by atoms with Crippen LogP contribution < -0.4 is 0 Å². The Hall–Kier alpha value is -0.800. The van der Waals surface area contributed by atoms with E-state index in [-0.39, 0.29) is 6.61 Å². The third kappa shape index (κ3) is 3.58. The van der Waals surface area contributed by atoms with Crippen LogP contribution in [0.3, 0.4) is 0 Å². The summed E-state index contributed by atoms with van der Waals surface area (Å²) in [5.41, 5.74) is 0.267. The molecule has 0 fully saturated rings. The number of aliphatic hydroxyl groups excluding tert-OH is 1. The van der Waals surface area contributed by atoms with Gasteiger partial charge in [0.1, 0.15) is 0 Å². The van der Waals surface area contributed by atoms with Gasteiger partial charge in [-0.2, -0.15) is 0 Å². The molecule has 1 unspecified atom stereocenters. The third-order valence-corrected chi connectivity index (χ3v) is 3.92. The van der Waals surface area contributed by atoms with Gasteiger partial charge in [0.25, 0.3) is 0 Å². The van der Waals surface area contributed by atoms with Crippen molar-refractivity contribution in [1.29, 1.82) is 0 Å². The monoisotopic (exact) mass is 276 g/mol. The molecule has 1 aromatic rings. The van der Waals surface area contributed by atoms with Gasteiger partial charge in [-0.25, -0.2) is 0 Å². The lowest BCUT2D eigenvalue weighted by Gasteiger charge is -2.12. The van der Waals surface area contributed by atoms with Crippen molar-refractivity contribution in [2.75, 3.05) is 6.61 Å². The van der Waals surface area contributed by atoms with Crippen LogP contribution in [0, 0.1) is 0 Å². The first-order valence-corrected chi connectivity index (χ1v) is 6.97. The first-order valence-electron chi connectivity index (χ1n) is 5.02. The van der Waals surface area contributed by atoms with E-state index in [2.05, 4.69) is 4.52 Å². The molecule has 0 bridgehead atoms. The molecule has 6 heteroatoms. The van der Waals surface area contributed by atoms with Crippen molar-refractivity contribution >= 4 is 24.8 Å². The molecule has 4 nitrogen and oxygen atoms in total. The minimum atomic E-state index is -4.11. The number of allylic oxidation sites excluding steroid dienone is 1. The molecule has 17 heavy (non-hydrogen) atoms. The molecule has 0 amide bonds. The van der Waals surface area contributed by atoms with Crippen LogP contribution in [-0.4, -0.2) is 16.6 Å². The van der Waals surface area contributed by atoms with Gasteiger partial charge in [-0.3, -0.25) is 4.57 Å². The Balaban J connectivity index is 3.13. The van der Waals surface area contributed by atoms with Crippen molar-refractivity contribution in [3.8, 4) is 0 Å². The molecule has 2 N–H and O–H groups in total. The molecule has 0 heterocycles. The Morgan fingerprint density at radius 2 is 1.94 bits per heavy atom. The van der Waals surface area contributed by atoms with Crippen LogP contribution in [-0.2, 0) is 9.09 Å². The third-order valence-electron chi connectivity index (χ3n) is 2.18. The van der Waals surface area contributed by atoms with Crippen LogP contribution in [0.5, 0.6) is 0 Å². The predicted octanol–water partition coefficient (Wildman–Crippen LogP) is 3.81. The summed E-state index contributed by atoms with van der Waals surface area (Å²) in [5.74, 6) is 0. The average molecular weight is 277 g/mol. The van der Waals surface area contributed by atoms with Crippen molar-refractivity contribution in [3.05, 3.63) is 40.4 Å². The van der Waals surface area contributed by atoms with Gasteiger partial charge in [0, 0.05) is 10.6 Å². The SMILES string of the molecule is CCOP(=O)(O)C(O)=C(C)c1ccc(Cl)cc1. The van der Waals surface area contributed by atoms with Crippen molar-refractivity contribution in [2.24, 2.45) is 0 Å². The van der Waals surface area contributed by atoms with E-state index in [1.807, 2.05) is 0 Å². The molecule has 1 atom stereocenters. The molecular formula is C11H14ClO4P. The molecule has 0 aliphatic rings. The zero-order chi connectivity index (χ0) is 13.1. The highest BCUT2D eigenvalue weighted by Gasteiger charge is 2.27. The summed E-state index contributed by atoms with van der Waals surface area (Å²) in [6.45, 7) is 3.17. The van der Waals surface area contributed by atoms with E-state index in [4.69, 9.17) is 11.6 Å². The van der Waals surface area contributed by atoms with Crippen molar-refractivity contribution in [1.82, 2.24) is 0 Å². The molecule has 0 saturated heterocycles. The van der Waals surface area contributed by atoms with E-state index in [9.17, 15) is 14.6 Å². The van der Waals surface area contributed by atoms with E-state index in [0.29, 0.717) is 16.2 Å². The van der Waals surface area contributed by atoms with Gasteiger partial charge in [0.05, 0.1) is 6.61 Å². The Morgan fingerprint density at radius 1 is 1.41 bits per heavy atom. The van der Waals surface area contributed by atoms with E-state index in [1.54, 1.807) is 38.1 Å². The van der Waals surface area contributed by atoms with Crippen LogP contribution in [0.2, 0.25) is 5.02 Å². The summed E-state index contributed by atoms with van der Waals surface area (Å²) in [4.78, 5) is 9.47. The summed E-state index contributed by atoms with van der Waals surface area (Å²) in [5, 5.41) is 10.3. The number of hydrogen-bond donors (Lipinski definition) is 2. The maximum Gasteiger partial charge on any atom is 0.393 e. The maximum atomic E-state index is 11.6. The minimum absolute atomic E-state index is 0.0474. The number of hydrogen-bond acceptors (Lipinski definition) is 3. The van der Waals surface area contributed by atoms with Crippen LogP contribution in [0.1, 0.15) is 19.4 Å². The van der Waals surface area contributed by atoms with E-state index in [0.717, 1.165) is 0 Å². The summed E-state index contributed by atoms with van der Waals surface area (Å²) in [6, 6.07) is 6.58. The first-order chi connectivity index (χ1) is 7.88. The van der Waals surface area contributed by atoms with Crippen LogP contribution >= 0.6 is 19.2 Å². The molecule has 94 valence electrons. The number of benzene rings is 1. The lowest BCUT2D eigenvalue weighted by molar-refractivity contribution is 0.260. The average Bonchev–Trinajstić information content (AvgIpc) is 2.28. The Kier molecular flexibility index (Phi) is 4.78. The van der Waals surface area contributed by atoms with Gasteiger partial charge in [-0.15, -0.1) is 0 Å². The lowest BCUT2D eigenvalue weighted by Crippen LogP contribution is -1.95. The summed E-state index contributed by atoms with van der Waals surface area (Å²) in [6.07, 6.45) is 0. The highest BCUT2D eigenvalue weighted by molar-refractivity contribution is 7.57. The zero-order valence-electron chi connectivity index (χ0n) is 9.55. The largest absolute Gasteiger partial charge is 0.501 e. The molecule has 1 aromatic carbocycles. The van der Waals surface area contributed by atoms with Gasteiger partial charge < -0.3 is 14.5 Å². The van der Waals surface area contributed by atoms with Gasteiger partial charge in [-0.1, -0.05) is 23.7 Å². The second kappa shape index (κ2) is 5.69. The fourth-order valence-electron chi connectivity index (χ4n) is 1.28. The predicted molar refractivity (Wildman–Crippen MR) is 68.1 cm³/mol. The molecule has 0 saturated carbocycles. The molecule has 0 aliphatic heterocycles. The number of halogens is 1. The van der Waals surface area contributed by atoms with Gasteiger partial charge in [-0.05, 0) is 31.5 Å². The van der Waals surface area contributed by atoms with Crippen LogP contribution in [0.15, 0.2) is 29.8 Å². The van der Waals surface area contributed by atoms with E-state index in [1.165, 1.54) is 0 Å². The standard InChI is InChI=1S/C11H14ClO4P/c1-3-16-17(14,15)11(13)8(2)9-4-6-10(12)7-5-9/h4-7,13H,3H2,1-2H3,(H,14,15). The number of rotatable bonds is 4. The van der Waals surface area contributed by atoms with Gasteiger partial charge in [0.15, 0.2) is 0 Å². The molecule has 0 aromatic heterocycles. The van der Waals surface area contributed by atoms with E-state index < -0.39 is 13.1 Å². The smallest absolute Gasteiger partial charge is 0.393 e. The second-order valence-electron chi connectivity index (χ2n) is 3.39. The Labute approximate surface area is 105 Å². The first kappa shape index (κ1) is 14.3. The Bertz CT molecular complexity index is 467. The molecule has 1 rings (SSSR count). The fourth-order valence-corrected chi connectivity index (χ4v) is 2.43. The number of aliphatic hydroxyl groups is 1. The summed E-state index contributed by atoms with van der Waals surface area (Å²) < 4.78 is 16.2. The molecule has 0 spiro atoms. The molecular weight excluding hydrogens is 263 g/mol. The second-order valence-corrected chi connectivity index (χ2v) is 5.55. The topological polar surface area (TPSA) is 66.8 Å². The maximum absolute atomic E-state index is 11.6. The van der Waals surface area contributed by atoms with Gasteiger partial charge >= 0.3 is 7.60 Å². The minimum Gasteiger partial charge on any atom is -0.501 e. The van der Waals surface area contributed by atoms with Gasteiger partial charge in [0.2, 0.25) is 5.50 Å². The zero-order valence-corrected chi connectivity index (χ0v) is 11.2. The highest BCUT2D eigenvalue weighted by Crippen LogP contribution is 2.51. The quantitative estimate of drug-likeness (QED) is 0.648. The molecule has 0 aliphatic carbocycles. The fraction of sp³-hybridized carbons (Fsp3) is 0.273. The van der Waals surface area contributed by atoms with Crippen LogP contribution in [0.4, 0.5) is 0 Å². The summed E-state index contributed by atoms with van der Waals surface area (Å²) >= 11 is 5.73. The summed E-state index contributed by atoms with van der Waals surface area (Å²) in [7, 11) is -4.11.